The van der Waals surface area contributed by atoms with Gasteiger partial charge in [0.15, 0.2) is 0 Å². The number of halogens is 1. The summed E-state index contributed by atoms with van der Waals surface area (Å²) in [6.45, 7) is 2.37. The van der Waals surface area contributed by atoms with E-state index in [4.69, 9.17) is 21.4 Å². The first-order chi connectivity index (χ1) is 15.0. The van der Waals surface area contributed by atoms with Crippen LogP contribution in [-0.2, 0) is 9.53 Å². The smallest absolute Gasteiger partial charge is 0.335 e. The molecule has 1 amide bonds. The van der Waals surface area contributed by atoms with Crippen LogP contribution < -0.4 is 0 Å². The summed E-state index contributed by atoms with van der Waals surface area (Å²) < 4.78 is 5.57. The Hall–Kier alpha value is -2.37. The van der Waals surface area contributed by atoms with Crippen LogP contribution in [0.25, 0.3) is 11.1 Å². The second-order valence-corrected chi connectivity index (χ2v) is 9.48. The zero-order chi connectivity index (χ0) is 21.6. The summed E-state index contributed by atoms with van der Waals surface area (Å²) in [6, 6.07) is 13.3. The zero-order valence-corrected chi connectivity index (χ0v) is 18.1. The van der Waals surface area contributed by atoms with Gasteiger partial charge in [0.2, 0.25) is 0 Å². The molecule has 2 aromatic carbocycles. The summed E-state index contributed by atoms with van der Waals surface area (Å²) in [5.41, 5.74) is 3.67. The fraction of sp³-hybridized carbons (Fsp3) is 0.440. The van der Waals surface area contributed by atoms with Crippen molar-refractivity contribution >= 4 is 23.5 Å². The number of carboxylic acid groups (broad SMARTS) is 1. The molecule has 31 heavy (non-hydrogen) atoms. The normalized spacial score (nSPS) is 24.4. The molecule has 2 saturated heterocycles. The molecule has 2 aromatic rings. The van der Waals surface area contributed by atoms with E-state index < -0.39 is 5.97 Å². The first kappa shape index (κ1) is 20.5. The number of piperidine rings is 1. The molecule has 0 aromatic heterocycles. The first-order valence-corrected chi connectivity index (χ1v) is 11.4. The second kappa shape index (κ2) is 7.95. The van der Waals surface area contributed by atoms with Gasteiger partial charge in [0.1, 0.15) is 6.10 Å². The number of carbonyl (C=O) groups is 2. The molecule has 2 heterocycles. The molecule has 3 aliphatic rings. The SMILES string of the molecule is O=C(O)c1ccc(-c2ccc([C@@H]3CC34CCN(C(=O)C3CCCO3)CC4)cc2)c(Cl)c1. The standard InChI is InChI=1S/C25H26ClNO4/c26-21-14-18(24(29)30)7-8-19(21)16-3-5-17(6-4-16)20-15-25(20)9-11-27(12-10-25)23(28)22-2-1-13-31-22/h3-8,14,20,22H,1-2,9-13,15H2,(H,29,30)/t20-,22?/m0/s1. The largest absolute Gasteiger partial charge is 0.478 e. The number of aromatic carboxylic acids is 1. The van der Waals surface area contributed by atoms with Gasteiger partial charge in [-0.05, 0) is 66.7 Å². The predicted octanol–water partition coefficient (Wildman–Crippen LogP) is 4.98. The number of amides is 1. The van der Waals surface area contributed by atoms with E-state index in [1.165, 1.54) is 18.1 Å². The van der Waals surface area contributed by atoms with Crippen molar-refractivity contribution in [2.45, 2.75) is 44.1 Å². The molecule has 0 bridgehead atoms. The quantitative estimate of drug-likeness (QED) is 0.729. The lowest BCUT2D eigenvalue weighted by Gasteiger charge is -2.34. The Bertz CT molecular complexity index is 1000. The van der Waals surface area contributed by atoms with Crippen LogP contribution >= 0.6 is 11.6 Å². The maximum atomic E-state index is 12.6. The molecule has 1 spiro atoms. The minimum atomic E-state index is -0.980. The van der Waals surface area contributed by atoms with Crippen LogP contribution in [0.15, 0.2) is 42.5 Å². The summed E-state index contributed by atoms with van der Waals surface area (Å²) in [4.78, 5) is 25.7. The van der Waals surface area contributed by atoms with Crippen LogP contribution in [0.1, 0.15) is 53.9 Å². The van der Waals surface area contributed by atoms with E-state index in [1.807, 2.05) is 4.90 Å². The van der Waals surface area contributed by atoms with E-state index in [1.54, 1.807) is 12.1 Å². The molecule has 2 atom stereocenters. The highest BCUT2D eigenvalue weighted by molar-refractivity contribution is 6.33. The van der Waals surface area contributed by atoms with E-state index in [9.17, 15) is 9.59 Å². The van der Waals surface area contributed by atoms with E-state index in [0.29, 0.717) is 23.0 Å². The van der Waals surface area contributed by atoms with Crippen molar-refractivity contribution in [2.75, 3.05) is 19.7 Å². The summed E-state index contributed by atoms with van der Waals surface area (Å²) in [5, 5.41) is 9.55. The van der Waals surface area contributed by atoms with Crippen LogP contribution in [-0.4, -0.2) is 47.7 Å². The third-order valence-electron chi connectivity index (χ3n) is 7.31. The van der Waals surface area contributed by atoms with Gasteiger partial charge in [-0.1, -0.05) is 41.9 Å². The lowest BCUT2D eigenvalue weighted by atomic mass is 9.88. The molecule has 1 N–H and O–H groups in total. The number of benzene rings is 2. The summed E-state index contributed by atoms with van der Waals surface area (Å²) in [5.74, 6) is -0.252. The van der Waals surface area contributed by atoms with Crippen LogP contribution in [0, 0.1) is 5.41 Å². The third kappa shape index (κ3) is 3.85. The van der Waals surface area contributed by atoms with Gasteiger partial charge < -0.3 is 14.7 Å². The van der Waals surface area contributed by atoms with Gasteiger partial charge in [-0.15, -0.1) is 0 Å². The fourth-order valence-corrected chi connectivity index (χ4v) is 5.59. The van der Waals surface area contributed by atoms with Gasteiger partial charge in [0.05, 0.1) is 5.56 Å². The van der Waals surface area contributed by atoms with Crippen LogP contribution in [0.2, 0.25) is 5.02 Å². The third-order valence-corrected chi connectivity index (χ3v) is 7.62. The van der Waals surface area contributed by atoms with Gasteiger partial charge in [-0.25, -0.2) is 4.79 Å². The highest BCUT2D eigenvalue weighted by Gasteiger charge is 2.55. The Kier molecular flexibility index (Phi) is 5.27. The number of hydrogen-bond donors (Lipinski definition) is 1. The van der Waals surface area contributed by atoms with Gasteiger partial charge in [-0.2, -0.15) is 0 Å². The highest BCUT2D eigenvalue weighted by Crippen LogP contribution is 2.65. The molecule has 1 saturated carbocycles. The minimum absolute atomic E-state index is 0.180. The summed E-state index contributed by atoms with van der Waals surface area (Å²) >= 11 is 6.32. The molecule has 2 aliphatic heterocycles. The van der Waals surface area contributed by atoms with Gasteiger partial charge in [0.25, 0.3) is 5.91 Å². The molecule has 3 fully saturated rings. The molecule has 162 valence electrons. The number of ether oxygens (including phenoxy) is 1. The highest BCUT2D eigenvalue weighted by atomic mass is 35.5. The predicted molar refractivity (Wildman–Crippen MR) is 118 cm³/mol. The number of likely N-dealkylation sites (tertiary alicyclic amines) is 1. The van der Waals surface area contributed by atoms with Gasteiger partial charge >= 0.3 is 5.97 Å². The summed E-state index contributed by atoms with van der Waals surface area (Å²) in [7, 11) is 0. The van der Waals surface area contributed by atoms with Crippen LogP contribution in [0.3, 0.4) is 0 Å². The fourth-order valence-electron chi connectivity index (χ4n) is 5.30. The maximum absolute atomic E-state index is 12.6. The van der Waals surface area contributed by atoms with Crippen LogP contribution in [0.4, 0.5) is 0 Å². The summed E-state index contributed by atoms with van der Waals surface area (Å²) in [6.07, 6.45) is 4.93. The Morgan fingerprint density at radius 3 is 2.45 bits per heavy atom. The van der Waals surface area contributed by atoms with Crippen molar-refractivity contribution in [3.63, 3.8) is 0 Å². The molecule has 1 aliphatic carbocycles. The maximum Gasteiger partial charge on any atom is 0.335 e. The van der Waals surface area contributed by atoms with E-state index >= 15 is 0 Å². The Morgan fingerprint density at radius 2 is 1.84 bits per heavy atom. The number of carbonyl (C=O) groups excluding carboxylic acids is 1. The number of carboxylic acids is 1. The average Bonchev–Trinajstić information content (AvgIpc) is 3.20. The topological polar surface area (TPSA) is 66.8 Å². The van der Waals surface area contributed by atoms with Crippen molar-refractivity contribution in [2.24, 2.45) is 5.41 Å². The Labute approximate surface area is 187 Å². The van der Waals surface area contributed by atoms with E-state index in [-0.39, 0.29) is 17.6 Å². The zero-order valence-electron chi connectivity index (χ0n) is 17.4. The number of hydrogen-bond acceptors (Lipinski definition) is 3. The van der Waals surface area contributed by atoms with Crippen LogP contribution in [0.5, 0.6) is 0 Å². The monoisotopic (exact) mass is 439 g/mol. The first-order valence-electron chi connectivity index (χ1n) is 11.0. The molecule has 5 nitrogen and oxygen atoms in total. The lowest BCUT2D eigenvalue weighted by Crippen LogP contribution is -2.44. The van der Waals surface area contributed by atoms with Gasteiger partial charge in [0, 0.05) is 30.3 Å². The lowest BCUT2D eigenvalue weighted by molar-refractivity contribution is -0.142. The number of rotatable bonds is 4. The Balaban J connectivity index is 1.23. The molecule has 1 unspecified atom stereocenters. The molecule has 0 radical (unpaired) electrons. The van der Waals surface area contributed by atoms with Crippen molar-refractivity contribution in [1.29, 1.82) is 0 Å². The van der Waals surface area contributed by atoms with Crippen molar-refractivity contribution in [3.8, 4) is 11.1 Å². The van der Waals surface area contributed by atoms with Crippen molar-refractivity contribution < 1.29 is 19.4 Å². The van der Waals surface area contributed by atoms with E-state index in [0.717, 1.165) is 49.9 Å². The second-order valence-electron chi connectivity index (χ2n) is 9.07. The van der Waals surface area contributed by atoms with Gasteiger partial charge in [-0.3, -0.25) is 4.79 Å². The minimum Gasteiger partial charge on any atom is -0.478 e. The molecule has 5 rings (SSSR count). The van der Waals surface area contributed by atoms with Crippen molar-refractivity contribution in [1.82, 2.24) is 4.90 Å². The van der Waals surface area contributed by atoms with Crippen molar-refractivity contribution in [3.05, 3.63) is 58.6 Å². The molecular weight excluding hydrogens is 414 g/mol. The van der Waals surface area contributed by atoms with E-state index in [2.05, 4.69) is 24.3 Å². The number of nitrogens with zero attached hydrogens (tertiary/aromatic N) is 1. The Morgan fingerprint density at radius 1 is 1.10 bits per heavy atom. The molecular formula is C25H26ClNO4. The molecule has 6 heteroatoms. The average molecular weight is 440 g/mol.